The average molecular weight is 252 g/mol. The topological polar surface area (TPSA) is 85.4 Å². The smallest absolute Gasteiger partial charge is 0.214 e. The van der Waals surface area contributed by atoms with E-state index in [1.54, 1.807) is 4.68 Å². The third-order valence-corrected chi connectivity index (χ3v) is 3.40. The number of hydrogen-bond acceptors (Lipinski definition) is 5. The molecule has 6 nitrogen and oxygen atoms in total. The SMILES string of the molecule is CCCc1nn(C)c(Sc2n[nH]c(C)n2)c1N. The molecule has 0 saturated carbocycles. The number of nitrogen functional groups attached to an aromatic ring is 1. The molecule has 7 heteroatoms. The van der Waals surface area contributed by atoms with E-state index in [9.17, 15) is 0 Å². The summed E-state index contributed by atoms with van der Waals surface area (Å²) in [6.07, 6.45) is 1.93. The van der Waals surface area contributed by atoms with Gasteiger partial charge in [-0.1, -0.05) is 13.3 Å². The summed E-state index contributed by atoms with van der Waals surface area (Å²) >= 11 is 1.43. The molecule has 2 aromatic heterocycles. The number of hydrogen-bond donors (Lipinski definition) is 2. The molecule has 0 spiro atoms. The van der Waals surface area contributed by atoms with Gasteiger partial charge in [0.15, 0.2) is 0 Å². The minimum atomic E-state index is 0.667. The molecule has 3 N–H and O–H groups in total. The first-order valence-corrected chi connectivity index (χ1v) is 6.31. The van der Waals surface area contributed by atoms with Crippen LogP contribution in [-0.4, -0.2) is 25.0 Å². The lowest BCUT2D eigenvalue weighted by Gasteiger charge is -1.98. The standard InChI is InChI=1S/C10H16N6S/c1-4-5-7-8(11)9(16(3)15-7)17-10-12-6(2)13-14-10/h4-5,11H2,1-3H3,(H,12,13,14). The molecule has 0 saturated heterocycles. The lowest BCUT2D eigenvalue weighted by molar-refractivity contribution is 0.681. The van der Waals surface area contributed by atoms with E-state index in [2.05, 4.69) is 27.2 Å². The second-order valence-electron chi connectivity index (χ2n) is 3.84. The third-order valence-electron chi connectivity index (χ3n) is 2.36. The van der Waals surface area contributed by atoms with Gasteiger partial charge in [-0.3, -0.25) is 9.78 Å². The predicted octanol–water partition coefficient (Wildman–Crippen LogP) is 1.53. The molecule has 17 heavy (non-hydrogen) atoms. The molecule has 0 aliphatic carbocycles. The summed E-state index contributed by atoms with van der Waals surface area (Å²) in [5, 5.41) is 12.9. The number of anilines is 1. The van der Waals surface area contributed by atoms with Gasteiger partial charge in [-0.05, 0) is 25.1 Å². The van der Waals surface area contributed by atoms with Crippen LogP contribution in [0.3, 0.4) is 0 Å². The Morgan fingerprint density at radius 1 is 1.47 bits per heavy atom. The van der Waals surface area contributed by atoms with Gasteiger partial charge < -0.3 is 5.73 Å². The van der Waals surface area contributed by atoms with E-state index in [4.69, 9.17) is 5.73 Å². The van der Waals surface area contributed by atoms with E-state index in [-0.39, 0.29) is 0 Å². The highest BCUT2D eigenvalue weighted by Crippen LogP contribution is 2.31. The van der Waals surface area contributed by atoms with Crippen molar-refractivity contribution in [1.82, 2.24) is 25.0 Å². The fraction of sp³-hybridized carbons (Fsp3) is 0.500. The van der Waals surface area contributed by atoms with Crippen molar-refractivity contribution in [2.45, 2.75) is 36.9 Å². The number of rotatable bonds is 4. The van der Waals surface area contributed by atoms with Crippen LogP contribution >= 0.6 is 11.8 Å². The molecule has 0 aliphatic rings. The molecule has 2 aromatic rings. The number of nitrogens with zero attached hydrogens (tertiary/aromatic N) is 4. The van der Waals surface area contributed by atoms with Crippen LogP contribution in [0.5, 0.6) is 0 Å². The normalized spacial score (nSPS) is 11.0. The fourth-order valence-corrected chi connectivity index (χ4v) is 2.42. The summed E-state index contributed by atoms with van der Waals surface area (Å²) in [5.74, 6) is 0.794. The van der Waals surface area contributed by atoms with Crippen molar-refractivity contribution in [3.8, 4) is 0 Å². The van der Waals surface area contributed by atoms with Gasteiger partial charge in [0, 0.05) is 7.05 Å². The van der Waals surface area contributed by atoms with Gasteiger partial charge in [0.2, 0.25) is 5.16 Å². The van der Waals surface area contributed by atoms with E-state index in [1.165, 1.54) is 11.8 Å². The molecule has 0 atom stereocenters. The Bertz CT molecular complexity index is 515. The molecule has 0 radical (unpaired) electrons. The second kappa shape index (κ2) is 4.79. The quantitative estimate of drug-likeness (QED) is 0.862. The van der Waals surface area contributed by atoms with Crippen LogP contribution in [0.15, 0.2) is 10.2 Å². The van der Waals surface area contributed by atoms with Crippen LogP contribution in [0, 0.1) is 6.92 Å². The monoisotopic (exact) mass is 252 g/mol. The Hall–Kier alpha value is -1.50. The molecule has 2 heterocycles. The average Bonchev–Trinajstić information content (AvgIpc) is 2.79. The summed E-state index contributed by atoms with van der Waals surface area (Å²) in [6.45, 7) is 3.98. The van der Waals surface area contributed by atoms with Crippen molar-refractivity contribution in [2.75, 3.05) is 5.73 Å². The van der Waals surface area contributed by atoms with E-state index in [0.717, 1.165) is 35.1 Å². The molecule has 2 rings (SSSR count). The van der Waals surface area contributed by atoms with Gasteiger partial charge in [-0.2, -0.15) is 5.10 Å². The van der Waals surface area contributed by atoms with Gasteiger partial charge in [0.05, 0.1) is 11.4 Å². The maximum Gasteiger partial charge on any atom is 0.214 e. The molecule has 0 aromatic carbocycles. The minimum Gasteiger partial charge on any atom is -0.395 e. The zero-order valence-electron chi connectivity index (χ0n) is 10.2. The van der Waals surface area contributed by atoms with Crippen molar-refractivity contribution in [2.24, 2.45) is 7.05 Å². The predicted molar refractivity (Wildman–Crippen MR) is 66.9 cm³/mol. The number of aromatic nitrogens is 5. The molecular formula is C10H16N6S. The molecule has 0 unspecified atom stereocenters. The van der Waals surface area contributed by atoms with Crippen LogP contribution in [0.2, 0.25) is 0 Å². The van der Waals surface area contributed by atoms with Crippen LogP contribution in [0.4, 0.5) is 5.69 Å². The lowest BCUT2D eigenvalue weighted by Crippen LogP contribution is -1.94. The summed E-state index contributed by atoms with van der Waals surface area (Å²) in [4.78, 5) is 4.24. The number of nitrogens with one attached hydrogen (secondary N) is 1. The Balaban J connectivity index is 2.26. The molecule has 0 bridgehead atoms. The molecule has 0 aliphatic heterocycles. The van der Waals surface area contributed by atoms with E-state index in [1.807, 2.05) is 14.0 Å². The number of aryl methyl sites for hydroxylation is 3. The molecule has 0 fully saturated rings. The highest BCUT2D eigenvalue weighted by atomic mass is 32.2. The minimum absolute atomic E-state index is 0.667. The second-order valence-corrected chi connectivity index (χ2v) is 4.80. The van der Waals surface area contributed by atoms with E-state index >= 15 is 0 Å². The molecule has 92 valence electrons. The van der Waals surface area contributed by atoms with Gasteiger partial charge in [-0.25, -0.2) is 4.98 Å². The van der Waals surface area contributed by atoms with Crippen LogP contribution < -0.4 is 5.73 Å². The van der Waals surface area contributed by atoms with Crippen LogP contribution in [0.1, 0.15) is 24.9 Å². The molecule has 0 amide bonds. The number of aromatic amines is 1. The number of nitrogens with two attached hydrogens (primary N) is 1. The Morgan fingerprint density at radius 2 is 2.24 bits per heavy atom. The highest BCUT2D eigenvalue weighted by molar-refractivity contribution is 7.99. The molecular weight excluding hydrogens is 236 g/mol. The van der Waals surface area contributed by atoms with E-state index < -0.39 is 0 Å². The van der Waals surface area contributed by atoms with Crippen molar-refractivity contribution >= 4 is 17.4 Å². The van der Waals surface area contributed by atoms with Gasteiger partial charge >= 0.3 is 0 Å². The summed E-state index contributed by atoms with van der Waals surface area (Å²) < 4.78 is 1.79. The Labute approximate surface area is 104 Å². The van der Waals surface area contributed by atoms with Crippen LogP contribution in [-0.2, 0) is 13.5 Å². The summed E-state index contributed by atoms with van der Waals surface area (Å²) in [6, 6.07) is 0. The summed E-state index contributed by atoms with van der Waals surface area (Å²) in [7, 11) is 1.89. The first-order chi connectivity index (χ1) is 8.11. The highest BCUT2D eigenvalue weighted by Gasteiger charge is 2.15. The van der Waals surface area contributed by atoms with Gasteiger partial charge in [0.25, 0.3) is 0 Å². The van der Waals surface area contributed by atoms with Crippen molar-refractivity contribution in [1.29, 1.82) is 0 Å². The van der Waals surface area contributed by atoms with E-state index in [0.29, 0.717) is 5.16 Å². The maximum atomic E-state index is 6.07. The third kappa shape index (κ3) is 2.44. The largest absolute Gasteiger partial charge is 0.395 e. The van der Waals surface area contributed by atoms with Crippen molar-refractivity contribution in [3.63, 3.8) is 0 Å². The summed E-state index contributed by atoms with van der Waals surface area (Å²) in [5.41, 5.74) is 7.76. The van der Waals surface area contributed by atoms with Gasteiger partial charge in [0.1, 0.15) is 10.9 Å². The maximum absolute atomic E-state index is 6.07. The van der Waals surface area contributed by atoms with Gasteiger partial charge in [-0.15, -0.1) is 5.10 Å². The van der Waals surface area contributed by atoms with Crippen molar-refractivity contribution < 1.29 is 0 Å². The van der Waals surface area contributed by atoms with Crippen molar-refractivity contribution in [3.05, 3.63) is 11.5 Å². The van der Waals surface area contributed by atoms with Crippen LogP contribution in [0.25, 0.3) is 0 Å². The Kier molecular flexibility index (Phi) is 3.37. The lowest BCUT2D eigenvalue weighted by atomic mass is 10.2. The fourth-order valence-electron chi connectivity index (χ4n) is 1.57. The number of H-pyrrole nitrogens is 1. The zero-order chi connectivity index (χ0) is 12.4. The first-order valence-electron chi connectivity index (χ1n) is 5.50. The Morgan fingerprint density at radius 3 is 2.82 bits per heavy atom. The first kappa shape index (κ1) is 12.0. The zero-order valence-corrected chi connectivity index (χ0v) is 11.0.